The van der Waals surface area contributed by atoms with E-state index in [4.69, 9.17) is 0 Å². The number of carboxylic acids is 1. The molecule has 6 heteroatoms. The van der Waals surface area contributed by atoms with E-state index in [1.807, 2.05) is 20.8 Å². The first-order valence-corrected chi connectivity index (χ1v) is 8.28. The van der Waals surface area contributed by atoms with Gasteiger partial charge in [-0.15, -0.1) is 0 Å². The van der Waals surface area contributed by atoms with Crippen LogP contribution in [0.1, 0.15) is 54.8 Å². The number of carbonyl (C=O) groups is 3. The molecule has 0 saturated heterocycles. The number of hydrogen-bond acceptors (Lipinski definition) is 3. The van der Waals surface area contributed by atoms with Crippen molar-refractivity contribution in [2.75, 3.05) is 13.1 Å². The highest BCUT2D eigenvalue weighted by atomic mass is 16.4. The lowest BCUT2D eigenvalue weighted by Crippen LogP contribution is -2.45. The minimum atomic E-state index is -1.05. The van der Waals surface area contributed by atoms with E-state index in [-0.39, 0.29) is 11.8 Å². The lowest BCUT2D eigenvalue weighted by atomic mass is 9.99. The van der Waals surface area contributed by atoms with Gasteiger partial charge in [-0.2, -0.15) is 0 Å². The van der Waals surface area contributed by atoms with Crippen LogP contribution in [0.15, 0.2) is 24.3 Å². The van der Waals surface area contributed by atoms with Crippen molar-refractivity contribution >= 4 is 17.8 Å². The fraction of sp³-hybridized carbons (Fsp3) is 0.500. The summed E-state index contributed by atoms with van der Waals surface area (Å²) >= 11 is 0. The Labute approximate surface area is 142 Å². The highest BCUT2D eigenvalue weighted by molar-refractivity contribution is 5.99. The van der Waals surface area contributed by atoms with E-state index in [2.05, 4.69) is 5.32 Å². The van der Waals surface area contributed by atoms with Gasteiger partial charge in [-0.1, -0.05) is 20.3 Å². The topological polar surface area (TPSA) is 86.7 Å². The molecular weight excluding hydrogens is 308 g/mol. The standard InChI is InChI=1S/C18H26N2O4/c1-5-12(4)15(18(23)24)19-16(21)13-8-10-14(11-9-13)17(22)20(6-2)7-3/h8-12,15H,5-7H2,1-4H3,(H,19,21)(H,23,24). The molecule has 1 aromatic carbocycles. The number of aliphatic carboxylic acids is 1. The van der Waals surface area contributed by atoms with Crippen LogP contribution in [0.25, 0.3) is 0 Å². The molecule has 1 aromatic rings. The number of rotatable bonds is 8. The molecule has 0 aromatic heterocycles. The first-order chi connectivity index (χ1) is 11.3. The number of nitrogens with one attached hydrogen (secondary N) is 1. The van der Waals surface area contributed by atoms with E-state index in [0.29, 0.717) is 30.6 Å². The van der Waals surface area contributed by atoms with E-state index in [1.54, 1.807) is 36.1 Å². The molecule has 0 aliphatic heterocycles. The second-order valence-electron chi connectivity index (χ2n) is 5.73. The summed E-state index contributed by atoms with van der Waals surface area (Å²) in [5.74, 6) is -1.76. The summed E-state index contributed by atoms with van der Waals surface area (Å²) < 4.78 is 0. The average Bonchev–Trinajstić information content (AvgIpc) is 2.59. The molecule has 0 spiro atoms. The maximum atomic E-state index is 12.2. The Bertz CT molecular complexity index is 579. The Balaban J connectivity index is 2.86. The number of amides is 2. The van der Waals surface area contributed by atoms with Crippen molar-refractivity contribution in [2.24, 2.45) is 5.92 Å². The normalized spacial score (nSPS) is 13.0. The van der Waals surface area contributed by atoms with E-state index >= 15 is 0 Å². The van der Waals surface area contributed by atoms with Crippen molar-refractivity contribution in [3.8, 4) is 0 Å². The SMILES string of the molecule is CCC(C)C(NC(=O)c1ccc(C(=O)N(CC)CC)cc1)C(=O)O. The molecule has 1 rings (SSSR count). The molecule has 0 fully saturated rings. The van der Waals surface area contributed by atoms with Crippen molar-refractivity contribution in [1.29, 1.82) is 0 Å². The predicted octanol–water partition coefficient (Wildman–Crippen LogP) is 2.40. The van der Waals surface area contributed by atoms with Crippen molar-refractivity contribution in [2.45, 2.75) is 40.2 Å². The van der Waals surface area contributed by atoms with Crippen molar-refractivity contribution in [3.05, 3.63) is 35.4 Å². The van der Waals surface area contributed by atoms with Gasteiger partial charge in [0.05, 0.1) is 0 Å². The number of carbonyl (C=O) groups excluding carboxylic acids is 2. The van der Waals surface area contributed by atoms with Gasteiger partial charge < -0.3 is 15.3 Å². The summed E-state index contributed by atoms with van der Waals surface area (Å²) in [6.07, 6.45) is 0.647. The van der Waals surface area contributed by atoms with Crippen LogP contribution in [0.3, 0.4) is 0 Å². The Morgan fingerprint density at radius 2 is 1.54 bits per heavy atom. The van der Waals surface area contributed by atoms with Gasteiger partial charge in [0.2, 0.25) is 0 Å². The fourth-order valence-electron chi connectivity index (χ4n) is 2.37. The zero-order valence-corrected chi connectivity index (χ0v) is 14.7. The maximum absolute atomic E-state index is 12.2. The molecule has 0 radical (unpaired) electrons. The van der Waals surface area contributed by atoms with Crippen LogP contribution in [-0.2, 0) is 4.79 Å². The van der Waals surface area contributed by atoms with Crippen LogP contribution in [0.5, 0.6) is 0 Å². The Morgan fingerprint density at radius 3 is 1.96 bits per heavy atom. The van der Waals surface area contributed by atoms with Crippen LogP contribution >= 0.6 is 0 Å². The summed E-state index contributed by atoms with van der Waals surface area (Å²) in [5.41, 5.74) is 0.840. The molecule has 2 unspecified atom stereocenters. The van der Waals surface area contributed by atoms with Crippen LogP contribution < -0.4 is 5.32 Å². The lowest BCUT2D eigenvalue weighted by Gasteiger charge is -2.20. The third-order valence-corrected chi connectivity index (χ3v) is 4.21. The maximum Gasteiger partial charge on any atom is 0.326 e. The summed E-state index contributed by atoms with van der Waals surface area (Å²) in [4.78, 5) is 37.4. The molecule has 24 heavy (non-hydrogen) atoms. The van der Waals surface area contributed by atoms with Crippen molar-refractivity contribution in [3.63, 3.8) is 0 Å². The molecule has 2 atom stereocenters. The Kier molecular flexibility index (Phi) is 7.42. The number of benzene rings is 1. The number of hydrogen-bond donors (Lipinski definition) is 2. The average molecular weight is 334 g/mol. The van der Waals surface area contributed by atoms with Crippen LogP contribution in [-0.4, -0.2) is 46.9 Å². The highest BCUT2D eigenvalue weighted by Crippen LogP contribution is 2.11. The van der Waals surface area contributed by atoms with Gasteiger partial charge in [-0.3, -0.25) is 9.59 Å². The van der Waals surface area contributed by atoms with Crippen molar-refractivity contribution in [1.82, 2.24) is 10.2 Å². The largest absolute Gasteiger partial charge is 0.480 e. The number of carboxylic acid groups (broad SMARTS) is 1. The molecule has 0 saturated carbocycles. The summed E-state index contributed by atoms with van der Waals surface area (Å²) in [6, 6.07) is 5.34. The molecule has 2 N–H and O–H groups in total. The van der Waals surface area contributed by atoms with Gasteiger partial charge in [0.1, 0.15) is 6.04 Å². The second kappa shape index (κ2) is 9.05. The molecule has 6 nitrogen and oxygen atoms in total. The third-order valence-electron chi connectivity index (χ3n) is 4.21. The van der Waals surface area contributed by atoms with Crippen LogP contribution in [0, 0.1) is 5.92 Å². The highest BCUT2D eigenvalue weighted by Gasteiger charge is 2.25. The summed E-state index contributed by atoms with van der Waals surface area (Å²) in [6.45, 7) is 8.71. The molecule has 0 heterocycles. The van der Waals surface area contributed by atoms with Crippen LogP contribution in [0.2, 0.25) is 0 Å². The monoisotopic (exact) mass is 334 g/mol. The fourth-order valence-corrected chi connectivity index (χ4v) is 2.37. The van der Waals surface area contributed by atoms with Crippen LogP contribution in [0.4, 0.5) is 0 Å². The smallest absolute Gasteiger partial charge is 0.326 e. The summed E-state index contributed by atoms with van der Waals surface area (Å²) in [5, 5.41) is 11.8. The molecule has 132 valence electrons. The predicted molar refractivity (Wildman–Crippen MR) is 92.0 cm³/mol. The first-order valence-electron chi connectivity index (χ1n) is 8.28. The van der Waals surface area contributed by atoms with E-state index in [1.165, 1.54) is 0 Å². The zero-order valence-electron chi connectivity index (χ0n) is 14.7. The van der Waals surface area contributed by atoms with Gasteiger partial charge >= 0.3 is 5.97 Å². The Hall–Kier alpha value is -2.37. The van der Waals surface area contributed by atoms with E-state index in [9.17, 15) is 19.5 Å². The molecule has 0 bridgehead atoms. The van der Waals surface area contributed by atoms with Gasteiger partial charge in [-0.05, 0) is 44.0 Å². The number of nitrogens with zero attached hydrogens (tertiary/aromatic N) is 1. The van der Waals surface area contributed by atoms with Crippen molar-refractivity contribution < 1.29 is 19.5 Å². The van der Waals surface area contributed by atoms with Gasteiger partial charge in [-0.25, -0.2) is 4.79 Å². The molecule has 0 aliphatic rings. The lowest BCUT2D eigenvalue weighted by molar-refractivity contribution is -0.140. The van der Waals surface area contributed by atoms with Gasteiger partial charge in [0, 0.05) is 24.2 Å². The molecular formula is C18H26N2O4. The zero-order chi connectivity index (χ0) is 18.3. The molecule has 0 aliphatic carbocycles. The Morgan fingerprint density at radius 1 is 1.04 bits per heavy atom. The van der Waals surface area contributed by atoms with Gasteiger partial charge in [0.25, 0.3) is 11.8 Å². The third kappa shape index (κ3) is 4.81. The second-order valence-corrected chi connectivity index (χ2v) is 5.73. The quantitative estimate of drug-likeness (QED) is 0.764. The minimum absolute atomic E-state index is 0.0880. The minimum Gasteiger partial charge on any atom is -0.480 e. The summed E-state index contributed by atoms with van der Waals surface area (Å²) in [7, 11) is 0. The first kappa shape index (κ1) is 19.7. The van der Waals surface area contributed by atoms with Gasteiger partial charge in [0.15, 0.2) is 0 Å². The van der Waals surface area contributed by atoms with E-state index < -0.39 is 17.9 Å². The van der Waals surface area contributed by atoms with E-state index in [0.717, 1.165) is 0 Å². The molecule has 2 amide bonds.